The molecule has 1 N–H and O–H groups in total. The molecule has 0 aliphatic heterocycles. The molecule has 0 bridgehead atoms. The molecule has 0 unspecified atom stereocenters. The quantitative estimate of drug-likeness (QED) is 0.556. The lowest BCUT2D eigenvalue weighted by atomic mass is 10.2. The van der Waals surface area contributed by atoms with E-state index < -0.39 is 10.8 Å². The van der Waals surface area contributed by atoms with Crippen LogP contribution >= 0.6 is 0 Å². The summed E-state index contributed by atoms with van der Waals surface area (Å²) in [6.07, 6.45) is 8.89. The number of hydrogen-bond acceptors (Lipinski definition) is 4. The van der Waals surface area contributed by atoms with Crippen molar-refractivity contribution in [2.45, 2.75) is 24.2 Å². The van der Waals surface area contributed by atoms with Gasteiger partial charge < -0.3 is 4.57 Å². The van der Waals surface area contributed by atoms with Crippen LogP contribution in [0.3, 0.4) is 0 Å². The number of fused-ring (bicyclic) bond motifs is 1. The molecule has 0 saturated heterocycles. The van der Waals surface area contributed by atoms with Crippen LogP contribution in [0.1, 0.15) is 19.3 Å². The predicted octanol–water partition coefficient (Wildman–Crippen LogP) is 3.72. The van der Waals surface area contributed by atoms with Crippen molar-refractivity contribution in [3.63, 3.8) is 0 Å². The largest absolute Gasteiger partial charge is 0.301 e. The molecular formula is C20H19N5OS. The van der Waals surface area contributed by atoms with Crippen molar-refractivity contribution in [3.05, 3.63) is 55.1 Å². The van der Waals surface area contributed by atoms with Gasteiger partial charge in [-0.2, -0.15) is 5.10 Å². The van der Waals surface area contributed by atoms with Gasteiger partial charge in [0, 0.05) is 34.8 Å². The van der Waals surface area contributed by atoms with E-state index in [9.17, 15) is 4.21 Å². The van der Waals surface area contributed by atoms with Crippen LogP contribution in [0.15, 0.2) is 60.0 Å². The van der Waals surface area contributed by atoms with Crippen LogP contribution in [0.4, 0.5) is 0 Å². The molecule has 1 saturated carbocycles. The summed E-state index contributed by atoms with van der Waals surface area (Å²) in [5, 5.41) is 7.80. The van der Waals surface area contributed by atoms with E-state index >= 15 is 0 Å². The van der Waals surface area contributed by atoms with E-state index in [-0.39, 0.29) is 0 Å². The first kappa shape index (κ1) is 16.4. The highest BCUT2D eigenvalue weighted by Gasteiger charge is 2.22. The third-order valence-electron chi connectivity index (χ3n) is 4.99. The van der Waals surface area contributed by atoms with Crippen LogP contribution in [0, 0.1) is 5.92 Å². The second kappa shape index (κ2) is 6.74. The second-order valence-electron chi connectivity index (χ2n) is 6.94. The minimum absolute atomic E-state index is 0.731. The van der Waals surface area contributed by atoms with Crippen LogP contribution in [0.2, 0.25) is 0 Å². The SMILES string of the molecule is O=[S@](CCC1CC1)c1cnc2c(ccn2-c2cccc(-c3ncn[nH]3)c2)c1. The minimum atomic E-state index is -0.970. The molecule has 3 aromatic heterocycles. The summed E-state index contributed by atoms with van der Waals surface area (Å²) in [6, 6.07) is 12.1. The van der Waals surface area contributed by atoms with Crippen molar-refractivity contribution >= 4 is 21.8 Å². The van der Waals surface area contributed by atoms with Gasteiger partial charge in [-0.25, -0.2) is 9.97 Å². The van der Waals surface area contributed by atoms with Crippen LogP contribution in [0.25, 0.3) is 28.1 Å². The van der Waals surface area contributed by atoms with E-state index in [2.05, 4.69) is 20.2 Å². The summed E-state index contributed by atoms with van der Waals surface area (Å²) in [4.78, 5) is 9.63. The smallest absolute Gasteiger partial charge is 0.155 e. The lowest BCUT2D eigenvalue weighted by Gasteiger charge is -2.07. The number of nitrogens with zero attached hydrogens (tertiary/aromatic N) is 4. The number of nitrogens with one attached hydrogen (secondary N) is 1. The average molecular weight is 377 g/mol. The maximum atomic E-state index is 12.5. The molecule has 5 rings (SSSR count). The average Bonchev–Trinajstić information content (AvgIpc) is 3.19. The molecule has 1 fully saturated rings. The topological polar surface area (TPSA) is 76.5 Å². The van der Waals surface area contributed by atoms with E-state index in [1.807, 2.05) is 47.2 Å². The highest BCUT2D eigenvalue weighted by molar-refractivity contribution is 7.85. The Morgan fingerprint density at radius 1 is 1.19 bits per heavy atom. The van der Waals surface area contributed by atoms with E-state index in [0.29, 0.717) is 0 Å². The van der Waals surface area contributed by atoms with Crippen molar-refractivity contribution in [2.24, 2.45) is 5.92 Å². The standard InChI is InChI=1S/C20H19N5OS/c26-27(9-7-14-4-5-14)18-11-16-6-8-25(20(16)21-12-18)17-3-1-2-15(10-17)19-22-13-23-24-19/h1-3,6,8,10-14H,4-5,7,9H2,(H,22,23,24)/t27-/m1/s1. The Morgan fingerprint density at radius 3 is 2.93 bits per heavy atom. The number of hydrogen-bond donors (Lipinski definition) is 1. The minimum Gasteiger partial charge on any atom is -0.301 e. The van der Waals surface area contributed by atoms with E-state index in [0.717, 1.165) is 51.1 Å². The van der Waals surface area contributed by atoms with Crippen molar-refractivity contribution in [3.8, 4) is 17.1 Å². The van der Waals surface area contributed by atoms with Gasteiger partial charge in [-0.05, 0) is 36.6 Å². The molecule has 1 aliphatic carbocycles. The summed E-state index contributed by atoms with van der Waals surface area (Å²) in [7, 11) is -0.970. The fourth-order valence-electron chi connectivity index (χ4n) is 3.28. The zero-order valence-electron chi connectivity index (χ0n) is 14.7. The number of aromatic amines is 1. The fraction of sp³-hybridized carbons (Fsp3) is 0.250. The number of rotatable bonds is 6. The van der Waals surface area contributed by atoms with Gasteiger partial charge in [0.05, 0.1) is 15.7 Å². The van der Waals surface area contributed by atoms with Crippen molar-refractivity contribution in [2.75, 3.05) is 5.75 Å². The van der Waals surface area contributed by atoms with Crippen LogP contribution in [-0.2, 0) is 10.8 Å². The summed E-state index contributed by atoms with van der Waals surface area (Å²) < 4.78 is 14.6. The molecule has 27 heavy (non-hydrogen) atoms. The van der Waals surface area contributed by atoms with Gasteiger partial charge in [0.25, 0.3) is 0 Å². The first-order valence-electron chi connectivity index (χ1n) is 9.09. The Labute approximate surface area is 159 Å². The molecule has 1 aromatic carbocycles. The molecule has 0 amide bonds. The second-order valence-corrected chi connectivity index (χ2v) is 8.51. The summed E-state index contributed by atoms with van der Waals surface area (Å²) in [6.45, 7) is 0. The maximum absolute atomic E-state index is 12.5. The molecule has 1 aliphatic rings. The lowest BCUT2D eigenvalue weighted by molar-refractivity contribution is 0.676. The van der Waals surface area contributed by atoms with E-state index in [4.69, 9.17) is 0 Å². The van der Waals surface area contributed by atoms with Crippen molar-refractivity contribution in [1.82, 2.24) is 24.7 Å². The predicted molar refractivity (Wildman–Crippen MR) is 105 cm³/mol. The molecule has 136 valence electrons. The van der Waals surface area contributed by atoms with E-state index in [1.54, 1.807) is 6.20 Å². The number of H-pyrrole nitrogens is 1. The van der Waals surface area contributed by atoms with Crippen molar-refractivity contribution < 1.29 is 4.21 Å². The number of benzene rings is 1. The van der Waals surface area contributed by atoms with Gasteiger partial charge in [-0.15, -0.1) is 0 Å². The third kappa shape index (κ3) is 3.30. The molecule has 0 radical (unpaired) electrons. The molecule has 1 atom stereocenters. The molecular weight excluding hydrogens is 358 g/mol. The fourth-order valence-corrected chi connectivity index (χ4v) is 4.49. The van der Waals surface area contributed by atoms with Gasteiger partial charge in [-0.3, -0.25) is 9.31 Å². The van der Waals surface area contributed by atoms with Crippen molar-refractivity contribution in [1.29, 1.82) is 0 Å². The molecule has 0 spiro atoms. The van der Waals surface area contributed by atoms with Gasteiger partial charge in [0.15, 0.2) is 5.82 Å². The monoisotopic (exact) mass is 377 g/mol. The highest BCUT2D eigenvalue weighted by atomic mass is 32.2. The van der Waals surface area contributed by atoms with Crippen LogP contribution in [-0.4, -0.2) is 34.7 Å². The summed E-state index contributed by atoms with van der Waals surface area (Å²) >= 11 is 0. The Hall–Kier alpha value is -2.80. The summed E-state index contributed by atoms with van der Waals surface area (Å²) in [5.41, 5.74) is 2.81. The number of pyridine rings is 1. The first-order valence-corrected chi connectivity index (χ1v) is 10.4. The zero-order valence-corrected chi connectivity index (χ0v) is 15.5. The Bertz CT molecular complexity index is 1110. The molecule has 7 heteroatoms. The Morgan fingerprint density at radius 2 is 2.11 bits per heavy atom. The highest BCUT2D eigenvalue weighted by Crippen LogP contribution is 2.33. The zero-order chi connectivity index (χ0) is 18.2. The maximum Gasteiger partial charge on any atom is 0.155 e. The molecule has 3 heterocycles. The summed E-state index contributed by atoms with van der Waals surface area (Å²) in [5.74, 6) is 2.26. The number of aromatic nitrogens is 5. The third-order valence-corrected chi connectivity index (χ3v) is 6.34. The van der Waals surface area contributed by atoms with Gasteiger partial charge in [-0.1, -0.05) is 25.0 Å². The van der Waals surface area contributed by atoms with Gasteiger partial charge in [0.2, 0.25) is 0 Å². The van der Waals surface area contributed by atoms with E-state index in [1.165, 1.54) is 19.2 Å². The Balaban J connectivity index is 1.46. The molecule has 4 aromatic rings. The van der Waals surface area contributed by atoms with Gasteiger partial charge in [0.1, 0.15) is 12.0 Å². The normalized spacial score (nSPS) is 15.3. The molecule has 6 nitrogen and oxygen atoms in total. The van der Waals surface area contributed by atoms with Crippen LogP contribution in [0.5, 0.6) is 0 Å². The van der Waals surface area contributed by atoms with Gasteiger partial charge >= 0.3 is 0 Å². The Kier molecular flexibility index (Phi) is 4.09. The first-order chi connectivity index (χ1) is 13.3. The lowest BCUT2D eigenvalue weighted by Crippen LogP contribution is -2.00. The van der Waals surface area contributed by atoms with Crippen LogP contribution < -0.4 is 0 Å².